The lowest BCUT2D eigenvalue weighted by Crippen LogP contribution is -2.13. The van der Waals surface area contributed by atoms with Crippen molar-refractivity contribution in [3.8, 4) is 0 Å². The van der Waals surface area contributed by atoms with E-state index in [1.165, 1.54) is 18.2 Å². The van der Waals surface area contributed by atoms with E-state index in [1.54, 1.807) is 18.2 Å². The van der Waals surface area contributed by atoms with Crippen molar-refractivity contribution in [2.45, 2.75) is 0 Å². The van der Waals surface area contributed by atoms with E-state index >= 15 is 0 Å². The number of halogens is 4. The number of carbonyl (C=O) groups excluding carboxylic acids is 1. The van der Waals surface area contributed by atoms with E-state index in [0.29, 0.717) is 20.2 Å². The molecule has 0 bridgehead atoms. The number of benzene rings is 2. The van der Waals surface area contributed by atoms with Gasteiger partial charge in [-0.15, -0.1) is 0 Å². The lowest BCUT2D eigenvalue weighted by atomic mass is 10.2. The highest BCUT2D eigenvalue weighted by molar-refractivity contribution is 9.11. The molecule has 19 heavy (non-hydrogen) atoms. The summed E-state index contributed by atoms with van der Waals surface area (Å²) in [5, 5.41) is 2.72. The van der Waals surface area contributed by atoms with Crippen molar-refractivity contribution in [3.63, 3.8) is 0 Å². The fourth-order valence-corrected chi connectivity index (χ4v) is 3.13. The first-order chi connectivity index (χ1) is 8.97. The first-order valence-electron chi connectivity index (χ1n) is 5.19. The van der Waals surface area contributed by atoms with Gasteiger partial charge in [-0.25, -0.2) is 4.39 Å². The smallest absolute Gasteiger partial charge is 0.256 e. The van der Waals surface area contributed by atoms with Crippen LogP contribution in [0.15, 0.2) is 49.8 Å². The number of nitrogens with one attached hydrogen (secondary N) is 1. The molecule has 2 aromatic rings. The van der Waals surface area contributed by atoms with Gasteiger partial charge in [0.2, 0.25) is 0 Å². The monoisotopic (exact) mass is 449 g/mol. The lowest BCUT2D eigenvalue weighted by molar-refractivity contribution is 0.102. The molecule has 0 radical (unpaired) electrons. The SMILES string of the molecule is O=C(Nc1ccc(F)cc1Br)c1ccc(Br)cc1Br. The van der Waals surface area contributed by atoms with Crippen molar-refractivity contribution >= 4 is 59.4 Å². The lowest BCUT2D eigenvalue weighted by Gasteiger charge is -2.09. The molecule has 0 aliphatic heterocycles. The van der Waals surface area contributed by atoms with E-state index in [9.17, 15) is 9.18 Å². The molecule has 98 valence electrons. The second-order valence-corrected chi connectivity index (χ2v) is 6.33. The van der Waals surface area contributed by atoms with Gasteiger partial charge in [0.05, 0.1) is 11.3 Å². The minimum atomic E-state index is -0.366. The van der Waals surface area contributed by atoms with Gasteiger partial charge >= 0.3 is 0 Å². The van der Waals surface area contributed by atoms with Crippen LogP contribution >= 0.6 is 47.8 Å². The first kappa shape index (κ1) is 14.7. The molecule has 6 heteroatoms. The number of carbonyl (C=O) groups is 1. The Kier molecular flexibility index (Phi) is 4.76. The molecule has 0 heterocycles. The minimum Gasteiger partial charge on any atom is -0.321 e. The van der Waals surface area contributed by atoms with E-state index in [0.717, 1.165) is 4.47 Å². The zero-order chi connectivity index (χ0) is 14.0. The van der Waals surface area contributed by atoms with E-state index in [4.69, 9.17) is 0 Å². The van der Waals surface area contributed by atoms with Gasteiger partial charge in [0, 0.05) is 13.4 Å². The van der Waals surface area contributed by atoms with Gasteiger partial charge in [0.25, 0.3) is 5.91 Å². The maximum Gasteiger partial charge on any atom is 0.256 e. The largest absolute Gasteiger partial charge is 0.321 e. The summed E-state index contributed by atoms with van der Waals surface area (Å²) in [6.07, 6.45) is 0. The Bertz CT molecular complexity index is 646. The second-order valence-electron chi connectivity index (χ2n) is 3.70. The van der Waals surface area contributed by atoms with Crippen molar-refractivity contribution in [1.29, 1.82) is 0 Å². The molecular formula is C13H7Br3FNO. The maximum absolute atomic E-state index is 13.0. The van der Waals surface area contributed by atoms with Crippen LogP contribution in [0.25, 0.3) is 0 Å². The molecule has 0 atom stereocenters. The Morgan fingerprint density at radius 3 is 2.37 bits per heavy atom. The Labute approximate surface area is 134 Å². The molecule has 0 fully saturated rings. The van der Waals surface area contributed by atoms with Crippen LogP contribution in [0.4, 0.5) is 10.1 Å². The van der Waals surface area contributed by atoms with Gasteiger partial charge < -0.3 is 5.32 Å². The van der Waals surface area contributed by atoms with Crippen LogP contribution in [0.1, 0.15) is 10.4 Å². The topological polar surface area (TPSA) is 29.1 Å². The summed E-state index contributed by atoms with van der Waals surface area (Å²) >= 11 is 9.85. The molecule has 0 saturated heterocycles. The number of hydrogen-bond donors (Lipinski definition) is 1. The van der Waals surface area contributed by atoms with Crippen molar-refractivity contribution < 1.29 is 9.18 Å². The molecule has 0 unspecified atom stereocenters. The van der Waals surface area contributed by atoms with Crippen LogP contribution in [0, 0.1) is 5.82 Å². The molecule has 1 N–H and O–H groups in total. The Hall–Kier alpha value is -0.720. The Morgan fingerprint density at radius 1 is 1.00 bits per heavy atom. The normalized spacial score (nSPS) is 10.3. The van der Waals surface area contributed by atoms with E-state index in [2.05, 4.69) is 53.1 Å². The summed E-state index contributed by atoms with van der Waals surface area (Å²) in [5.74, 6) is -0.638. The molecule has 2 rings (SSSR count). The quantitative estimate of drug-likeness (QED) is 0.653. The molecule has 2 aromatic carbocycles. The predicted molar refractivity (Wildman–Crippen MR) is 83.9 cm³/mol. The van der Waals surface area contributed by atoms with Gasteiger partial charge in [0.15, 0.2) is 0 Å². The summed E-state index contributed by atoms with van der Waals surface area (Å²) < 4.78 is 15.0. The van der Waals surface area contributed by atoms with E-state index in [-0.39, 0.29) is 11.7 Å². The zero-order valence-electron chi connectivity index (χ0n) is 9.38. The summed E-state index contributed by atoms with van der Waals surface area (Å²) in [6.45, 7) is 0. The van der Waals surface area contributed by atoms with Gasteiger partial charge in [-0.3, -0.25) is 4.79 Å². The fraction of sp³-hybridized carbons (Fsp3) is 0. The molecular weight excluding hydrogens is 445 g/mol. The number of hydrogen-bond acceptors (Lipinski definition) is 1. The third-order valence-electron chi connectivity index (χ3n) is 2.36. The van der Waals surface area contributed by atoms with Crippen LogP contribution in [0.2, 0.25) is 0 Å². The van der Waals surface area contributed by atoms with Gasteiger partial charge in [-0.2, -0.15) is 0 Å². The summed E-state index contributed by atoms with van der Waals surface area (Å²) in [4.78, 5) is 12.1. The van der Waals surface area contributed by atoms with Gasteiger partial charge in [-0.1, -0.05) is 15.9 Å². The van der Waals surface area contributed by atoms with Gasteiger partial charge in [-0.05, 0) is 68.3 Å². The summed E-state index contributed by atoms with van der Waals surface area (Å²) in [5.41, 5.74) is 1.01. The number of anilines is 1. The summed E-state index contributed by atoms with van der Waals surface area (Å²) in [6, 6.07) is 9.35. The molecule has 0 aliphatic rings. The van der Waals surface area contributed by atoms with Crippen molar-refractivity contribution in [3.05, 3.63) is 61.2 Å². The summed E-state index contributed by atoms with van der Waals surface area (Å²) in [7, 11) is 0. The molecule has 0 saturated carbocycles. The predicted octanol–water partition coefficient (Wildman–Crippen LogP) is 5.37. The van der Waals surface area contributed by atoms with Crippen molar-refractivity contribution in [2.75, 3.05) is 5.32 Å². The highest BCUT2D eigenvalue weighted by Gasteiger charge is 2.12. The third-order valence-corrected chi connectivity index (χ3v) is 4.16. The molecule has 0 spiro atoms. The highest BCUT2D eigenvalue weighted by atomic mass is 79.9. The van der Waals surface area contributed by atoms with E-state index < -0.39 is 0 Å². The maximum atomic E-state index is 13.0. The number of amides is 1. The second kappa shape index (κ2) is 6.15. The van der Waals surface area contributed by atoms with Gasteiger partial charge in [0.1, 0.15) is 5.82 Å². The van der Waals surface area contributed by atoms with Crippen LogP contribution < -0.4 is 5.32 Å². The average Bonchev–Trinajstić information content (AvgIpc) is 2.32. The first-order valence-corrected chi connectivity index (χ1v) is 7.57. The zero-order valence-corrected chi connectivity index (χ0v) is 14.1. The molecule has 2 nitrogen and oxygen atoms in total. The Morgan fingerprint density at radius 2 is 1.74 bits per heavy atom. The third kappa shape index (κ3) is 3.64. The average molecular weight is 452 g/mol. The van der Waals surface area contributed by atoms with Crippen LogP contribution in [0.3, 0.4) is 0 Å². The van der Waals surface area contributed by atoms with E-state index in [1.807, 2.05) is 0 Å². The van der Waals surface area contributed by atoms with Crippen molar-refractivity contribution in [1.82, 2.24) is 0 Å². The molecule has 1 amide bonds. The standard InChI is InChI=1S/C13H7Br3FNO/c14-7-1-3-9(10(15)5-7)13(19)18-12-4-2-8(17)6-11(12)16/h1-6H,(H,18,19). The van der Waals surface area contributed by atoms with Crippen LogP contribution in [-0.2, 0) is 0 Å². The van der Waals surface area contributed by atoms with Crippen molar-refractivity contribution in [2.24, 2.45) is 0 Å². The number of rotatable bonds is 2. The van der Waals surface area contributed by atoms with Crippen LogP contribution in [0.5, 0.6) is 0 Å². The Balaban J connectivity index is 2.25. The minimum absolute atomic E-state index is 0.272. The molecule has 0 aromatic heterocycles. The highest BCUT2D eigenvalue weighted by Crippen LogP contribution is 2.26. The van der Waals surface area contributed by atoms with Crippen LogP contribution in [-0.4, -0.2) is 5.91 Å². The fourth-order valence-electron chi connectivity index (χ4n) is 1.45. The molecule has 0 aliphatic carbocycles.